The molecule has 4 atom stereocenters. The van der Waals surface area contributed by atoms with Crippen molar-refractivity contribution in [3.8, 4) is 22.8 Å². The van der Waals surface area contributed by atoms with Crippen LogP contribution < -0.4 is 20.1 Å². The lowest BCUT2D eigenvalue weighted by molar-refractivity contribution is -0.129. The van der Waals surface area contributed by atoms with Crippen LogP contribution in [0.1, 0.15) is 32.6 Å². The Morgan fingerprint density at radius 3 is 2.76 bits per heavy atom. The van der Waals surface area contributed by atoms with Gasteiger partial charge in [0.2, 0.25) is 5.91 Å². The Morgan fingerprint density at radius 1 is 1.22 bits per heavy atom. The molecule has 1 unspecified atom stereocenters. The van der Waals surface area contributed by atoms with E-state index in [4.69, 9.17) is 14.5 Å². The molecule has 37 heavy (non-hydrogen) atoms. The number of benzene rings is 2. The maximum atomic E-state index is 13.1. The van der Waals surface area contributed by atoms with Crippen molar-refractivity contribution >= 4 is 22.6 Å². The molecule has 2 fully saturated rings. The van der Waals surface area contributed by atoms with Gasteiger partial charge in [0.25, 0.3) is 0 Å². The van der Waals surface area contributed by atoms with E-state index in [1.165, 1.54) is 0 Å². The Morgan fingerprint density at radius 2 is 2.03 bits per heavy atom. The molecule has 1 amide bonds. The summed E-state index contributed by atoms with van der Waals surface area (Å²) in [4.78, 5) is 30.3. The molecule has 2 aromatic carbocycles. The minimum absolute atomic E-state index is 0.0211. The Bertz CT molecular complexity index is 1330. The second kappa shape index (κ2) is 10.3. The van der Waals surface area contributed by atoms with E-state index in [2.05, 4.69) is 17.2 Å². The van der Waals surface area contributed by atoms with Crippen molar-refractivity contribution in [3.05, 3.63) is 67.3 Å². The molecule has 1 saturated heterocycles. The number of aromatic nitrogens is 1. The largest absolute Gasteiger partial charge is 0.497 e. The third-order valence-corrected chi connectivity index (χ3v) is 7.55. The lowest BCUT2D eigenvalue weighted by atomic mass is 10.0. The Balaban J connectivity index is 1.32. The fourth-order valence-electron chi connectivity index (χ4n) is 5.31. The highest BCUT2D eigenvalue weighted by molar-refractivity contribution is 5.96. The number of nitrogens with one attached hydrogen (secondary N) is 2. The van der Waals surface area contributed by atoms with Gasteiger partial charge in [-0.1, -0.05) is 36.4 Å². The number of methoxy groups -OCH3 is 1. The number of hydrogen-bond donors (Lipinski definition) is 2. The third-order valence-electron chi connectivity index (χ3n) is 7.55. The predicted molar refractivity (Wildman–Crippen MR) is 144 cm³/mol. The summed E-state index contributed by atoms with van der Waals surface area (Å²) in [6.07, 6.45) is 4.56. The number of allylic oxidation sites excluding steroid dienone is 1. The number of hydrogen-bond acceptors (Lipinski definition) is 6. The molecule has 3 aromatic rings. The fraction of sp³-hybridized carbons (Fsp3) is 0.367. The molecule has 1 saturated carbocycles. The first-order valence-electron chi connectivity index (χ1n) is 12.8. The number of rotatable bonds is 10. The first-order valence-corrected chi connectivity index (χ1v) is 12.8. The Kier molecular flexibility index (Phi) is 6.98. The van der Waals surface area contributed by atoms with Crippen LogP contribution in [0.3, 0.4) is 0 Å². The molecule has 2 aliphatic rings. The van der Waals surface area contributed by atoms with E-state index in [1.54, 1.807) is 14.0 Å². The number of carbonyl (C=O) groups excluding carboxylic acids is 2. The number of amides is 1. The van der Waals surface area contributed by atoms with E-state index in [0.717, 1.165) is 40.8 Å². The third kappa shape index (κ3) is 5.09. The van der Waals surface area contributed by atoms with Crippen molar-refractivity contribution in [3.63, 3.8) is 0 Å². The normalized spacial score (nSPS) is 24.4. The van der Waals surface area contributed by atoms with Crippen LogP contribution in [0.4, 0.5) is 0 Å². The SMILES string of the molecule is C=CCCC1C[C@]1(NC(=O)[C@@H]1C[C@@H](Oc2cc(-c3ccccc3)nc3cc(OC)ccc23)CN1)C(C)=O. The average molecular weight is 500 g/mol. The monoisotopic (exact) mass is 499 g/mol. The summed E-state index contributed by atoms with van der Waals surface area (Å²) < 4.78 is 11.9. The average Bonchev–Trinajstić information content (AvgIpc) is 3.41. The van der Waals surface area contributed by atoms with Crippen LogP contribution in [0.15, 0.2) is 67.3 Å². The van der Waals surface area contributed by atoms with Gasteiger partial charge in [0.05, 0.1) is 24.4 Å². The van der Waals surface area contributed by atoms with E-state index in [9.17, 15) is 9.59 Å². The number of carbonyl (C=O) groups is 2. The van der Waals surface area contributed by atoms with Crippen LogP contribution in [0, 0.1) is 5.92 Å². The summed E-state index contributed by atoms with van der Waals surface area (Å²) in [6.45, 7) is 5.86. The second-order valence-electron chi connectivity index (χ2n) is 9.97. The molecule has 0 bridgehead atoms. The molecular weight excluding hydrogens is 466 g/mol. The summed E-state index contributed by atoms with van der Waals surface area (Å²) in [5, 5.41) is 7.23. The standard InChI is InChI=1S/C30H33N3O4/c1-4-5-11-21-17-30(21,19(2)34)33-29(35)27-15-23(18-31-27)37-28-16-25(20-9-7-6-8-10-20)32-26-14-22(36-3)12-13-24(26)28/h4,6-10,12-14,16,21,23,27,31H,1,5,11,15,17-18H2,2-3H3,(H,33,35)/t21?,23-,27+,30+/m1/s1. The van der Waals surface area contributed by atoms with Crippen LogP contribution >= 0.6 is 0 Å². The minimum atomic E-state index is -0.730. The van der Waals surface area contributed by atoms with Crippen molar-refractivity contribution in [2.45, 2.75) is 50.3 Å². The van der Waals surface area contributed by atoms with Crippen molar-refractivity contribution < 1.29 is 19.1 Å². The van der Waals surface area contributed by atoms with Crippen molar-refractivity contribution in [2.75, 3.05) is 13.7 Å². The molecule has 1 aromatic heterocycles. The number of ketones is 1. The van der Waals surface area contributed by atoms with Crippen molar-refractivity contribution in [1.82, 2.24) is 15.6 Å². The van der Waals surface area contributed by atoms with Crippen LogP contribution in [0.25, 0.3) is 22.2 Å². The number of ether oxygens (including phenoxy) is 2. The van der Waals surface area contributed by atoms with Gasteiger partial charge in [-0.2, -0.15) is 0 Å². The maximum absolute atomic E-state index is 13.1. The first-order chi connectivity index (χ1) is 17.9. The van der Waals surface area contributed by atoms with Crippen LogP contribution in [0.5, 0.6) is 11.5 Å². The van der Waals surface area contributed by atoms with Gasteiger partial charge in [-0.3, -0.25) is 9.59 Å². The first kappa shape index (κ1) is 25.0. The van der Waals surface area contributed by atoms with Gasteiger partial charge in [0.1, 0.15) is 23.1 Å². The van der Waals surface area contributed by atoms with Crippen molar-refractivity contribution in [2.24, 2.45) is 5.92 Å². The molecular formula is C30H33N3O4. The molecule has 7 nitrogen and oxygen atoms in total. The van der Waals surface area contributed by atoms with Gasteiger partial charge >= 0.3 is 0 Å². The molecule has 1 aliphatic heterocycles. The summed E-state index contributed by atoms with van der Waals surface area (Å²) in [6, 6.07) is 17.2. The molecule has 7 heteroatoms. The fourth-order valence-corrected chi connectivity index (χ4v) is 5.31. The molecule has 0 spiro atoms. The number of Topliss-reactive ketones (excluding diaryl/α,β-unsaturated/α-hetero) is 1. The molecule has 192 valence electrons. The molecule has 1 aliphatic carbocycles. The predicted octanol–water partition coefficient (Wildman–Crippen LogP) is 4.45. The topological polar surface area (TPSA) is 89.6 Å². The van der Waals surface area contributed by atoms with Crippen molar-refractivity contribution in [1.29, 1.82) is 0 Å². The van der Waals surface area contributed by atoms with E-state index in [1.807, 2.05) is 60.7 Å². The van der Waals surface area contributed by atoms with Crippen LogP contribution in [0.2, 0.25) is 0 Å². The zero-order chi connectivity index (χ0) is 26.0. The second-order valence-corrected chi connectivity index (χ2v) is 9.97. The van der Waals surface area contributed by atoms with E-state index < -0.39 is 11.6 Å². The van der Waals surface area contributed by atoms with Gasteiger partial charge in [0.15, 0.2) is 5.78 Å². The van der Waals surface area contributed by atoms with Gasteiger partial charge in [-0.05, 0) is 44.2 Å². The minimum Gasteiger partial charge on any atom is -0.497 e. The molecule has 0 radical (unpaired) electrons. The van der Waals surface area contributed by atoms with E-state index in [-0.39, 0.29) is 23.7 Å². The number of pyridine rings is 1. The highest BCUT2D eigenvalue weighted by atomic mass is 16.5. The van der Waals surface area contributed by atoms with Crippen LogP contribution in [-0.4, -0.2) is 48.0 Å². The van der Waals surface area contributed by atoms with Gasteiger partial charge in [-0.25, -0.2) is 4.98 Å². The summed E-state index contributed by atoms with van der Waals surface area (Å²) >= 11 is 0. The Hall–Kier alpha value is -3.71. The molecule has 2 N–H and O–H groups in total. The molecule has 2 heterocycles. The zero-order valence-electron chi connectivity index (χ0n) is 21.3. The molecule has 5 rings (SSSR count). The van der Waals surface area contributed by atoms with Gasteiger partial charge < -0.3 is 20.1 Å². The van der Waals surface area contributed by atoms with Crippen LogP contribution in [-0.2, 0) is 9.59 Å². The summed E-state index contributed by atoms with van der Waals surface area (Å²) in [5.74, 6) is 1.49. The summed E-state index contributed by atoms with van der Waals surface area (Å²) in [7, 11) is 1.63. The number of nitrogens with zero attached hydrogens (tertiary/aromatic N) is 1. The van der Waals surface area contributed by atoms with Gasteiger partial charge in [-0.15, -0.1) is 6.58 Å². The summed E-state index contributed by atoms with van der Waals surface area (Å²) in [5.41, 5.74) is 1.84. The lowest BCUT2D eigenvalue weighted by Gasteiger charge is -2.20. The van der Waals surface area contributed by atoms with E-state index >= 15 is 0 Å². The van der Waals surface area contributed by atoms with E-state index in [0.29, 0.717) is 25.1 Å². The smallest absolute Gasteiger partial charge is 0.238 e. The highest BCUT2D eigenvalue weighted by Gasteiger charge is 2.58. The maximum Gasteiger partial charge on any atom is 0.238 e. The van der Waals surface area contributed by atoms with Gasteiger partial charge in [0, 0.05) is 36.0 Å². The quantitative estimate of drug-likeness (QED) is 0.401. The zero-order valence-corrected chi connectivity index (χ0v) is 21.3. The highest BCUT2D eigenvalue weighted by Crippen LogP contribution is 2.47. The lowest BCUT2D eigenvalue weighted by Crippen LogP contribution is -2.50. The Labute approximate surface area is 217 Å². The number of fused-ring (bicyclic) bond motifs is 1.